The number of anilines is 3. The summed E-state index contributed by atoms with van der Waals surface area (Å²) in [6.07, 6.45) is 4.84. The smallest absolute Gasteiger partial charge is 0.261 e. The van der Waals surface area contributed by atoms with Gasteiger partial charge in [-0.2, -0.15) is 0 Å². The summed E-state index contributed by atoms with van der Waals surface area (Å²) in [6, 6.07) is 17.1. The third kappa shape index (κ3) is 6.36. The Morgan fingerprint density at radius 3 is 2.23 bits per heavy atom. The standard InChI is InChI=1S/C26H31N5O3S/c1-19(2)26(32)27-21-10-12-23(13-11-21)35(33,34)30-22-9-7-8-20(18-22)24-14-15-25(29-28-24)31-16-5-3-4-6-17-31/h7-15,18-19,30H,3-6,16-17H2,1-2H3,(H,27,32). The van der Waals surface area contributed by atoms with Crippen LogP contribution in [0.5, 0.6) is 0 Å². The van der Waals surface area contributed by atoms with Crippen LogP contribution in [-0.4, -0.2) is 37.6 Å². The van der Waals surface area contributed by atoms with Gasteiger partial charge in [0, 0.05) is 35.9 Å². The van der Waals surface area contributed by atoms with Crippen molar-refractivity contribution in [3.05, 3.63) is 60.7 Å². The molecule has 8 nitrogen and oxygen atoms in total. The van der Waals surface area contributed by atoms with Crippen LogP contribution >= 0.6 is 0 Å². The highest BCUT2D eigenvalue weighted by Crippen LogP contribution is 2.25. The number of aromatic nitrogens is 2. The molecule has 2 aromatic carbocycles. The minimum absolute atomic E-state index is 0.104. The number of hydrogen-bond acceptors (Lipinski definition) is 6. The quantitative estimate of drug-likeness (QED) is 0.484. The molecule has 1 fully saturated rings. The van der Waals surface area contributed by atoms with Crippen molar-refractivity contribution in [1.29, 1.82) is 0 Å². The SMILES string of the molecule is CC(C)C(=O)Nc1ccc(S(=O)(=O)Nc2cccc(-c3ccc(N4CCCCCC4)nn3)c2)cc1. The van der Waals surface area contributed by atoms with Crippen molar-refractivity contribution in [2.24, 2.45) is 5.92 Å². The van der Waals surface area contributed by atoms with Crippen molar-refractivity contribution >= 4 is 33.1 Å². The van der Waals surface area contributed by atoms with Crippen LogP contribution in [0, 0.1) is 5.92 Å². The second-order valence-corrected chi connectivity index (χ2v) is 10.7. The van der Waals surface area contributed by atoms with E-state index in [1.54, 1.807) is 44.2 Å². The number of carbonyl (C=O) groups is 1. The third-order valence-corrected chi connectivity index (χ3v) is 7.34. The number of nitrogens with one attached hydrogen (secondary N) is 2. The van der Waals surface area contributed by atoms with E-state index in [1.165, 1.54) is 37.8 Å². The van der Waals surface area contributed by atoms with E-state index in [1.807, 2.05) is 18.2 Å². The Labute approximate surface area is 206 Å². The average Bonchev–Trinajstić information content (AvgIpc) is 3.14. The molecule has 0 unspecified atom stereocenters. The zero-order valence-corrected chi connectivity index (χ0v) is 20.9. The van der Waals surface area contributed by atoms with Crippen LogP contribution in [0.1, 0.15) is 39.5 Å². The van der Waals surface area contributed by atoms with E-state index in [0.717, 1.165) is 24.5 Å². The van der Waals surface area contributed by atoms with Crippen LogP contribution in [0.4, 0.5) is 17.2 Å². The number of hydrogen-bond donors (Lipinski definition) is 2. The Bertz CT molecular complexity index is 1250. The minimum Gasteiger partial charge on any atom is -0.355 e. The van der Waals surface area contributed by atoms with Gasteiger partial charge in [-0.15, -0.1) is 10.2 Å². The molecule has 0 atom stereocenters. The first-order valence-electron chi connectivity index (χ1n) is 11.9. The lowest BCUT2D eigenvalue weighted by Gasteiger charge is -2.20. The van der Waals surface area contributed by atoms with Crippen molar-refractivity contribution in [1.82, 2.24) is 10.2 Å². The number of nitrogens with zero attached hydrogens (tertiary/aromatic N) is 3. The Kier molecular flexibility index (Phi) is 7.65. The molecule has 1 saturated heterocycles. The fourth-order valence-electron chi connectivity index (χ4n) is 3.91. The first kappa shape index (κ1) is 24.7. The van der Waals surface area contributed by atoms with E-state index in [4.69, 9.17) is 0 Å². The van der Waals surface area contributed by atoms with Gasteiger partial charge in [0.2, 0.25) is 5.91 Å². The van der Waals surface area contributed by atoms with E-state index >= 15 is 0 Å². The molecule has 4 rings (SSSR count). The van der Waals surface area contributed by atoms with Crippen LogP contribution in [-0.2, 0) is 14.8 Å². The molecule has 0 saturated carbocycles. The molecular weight excluding hydrogens is 462 g/mol. The van der Waals surface area contributed by atoms with E-state index in [-0.39, 0.29) is 16.7 Å². The second kappa shape index (κ2) is 10.9. The zero-order valence-electron chi connectivity index (χ0n) is 20.1. The number of sulfonamides is 1. The molecule has 0 spiro atoms. The van der Waals surface area contributed by atoms with Crippen molar-refractivity contribution in [3.8, 4) is 11.3 Å². The zero-order chi connectivity index (χ0) is 24.8. The fourth-order valence-corrected chi connectivity index (χ4v) is 4.96. The molecule has 184 valence electrons. The summed E-state index contributed by atoms with van der Waals surface area (Å²) in [5.41, 5.74) is 2.42. The highest BCUT2D eigenvalue weighted by Gasteiger charge is 2.16. The molecule has 3 aromatic rings. The fraction of sp³-hybridized carbons (Fsp3) is 0.346. The molecule has 2 heterocycles. The van der Waals surface area contributed by atoms with Crippen molar-refractivity contribution in [3.63, 3.8) is 0 Å². The van der Waals surface area contributed by atoms with E-state index in [9.17, 15) is 13.2 Å². The maximum Gasteiger partial charge on any atom is 0.261 e. The predicted octanol–water partition coefficient (Wildman–Crippen LogP) is 4.92. The van der Waals surface area contributed by atoms with Gasteiger partial charge in [0.25, 0.3) is 10.0 Å². The number of rotatable bonds is 7. The first-order valence-corrected chi connectivity index (χ1v) is 13.4. The van der Waals surface area contributed by atoms with Crippen LogP contribution in [0.3, 0.4) is 0 Å². The molecule has 1 aliphatic rings. The van der Waals surface area contributed by atoms with Crippen molar-refractivity contribution in [2.45, 2.75) is 44.4 Å². The molecule has 1 aromatic heterocycles. The number of amides is 1. The summed E-state index contributed by atoms with van der Waals surface area (Å²) in [7, 11) is -3.80. The second-order valence-electron chi connectivity index (χ2n) is 9.03. The summed E-state index contributed by atoms with van der Waals surface area (Å²) in [6.45, 7) is 5.58. The minimum atomic E-state index is -3.80. The maximum absolute atomic E-state index is 12.9. The van der Waals surface area contributed by atoms with Gasteiger partial charge in [0.05, 0.1) is 10.6 Å². The molecule has 0 bridgehead atoms. The van der Waals surface area contributed by atoms with Crippen LogP contribution in [0.2, 0.25) is 0 Å². The Balaban J connectivity index is 1.46. The molecule has 0 radical (unpaired) electrons. The average molecular weight is 494 g/mol. The number of benzene rings is 2. The molecule has 9 heteroatoms. The molecule has 1 aliphatic heterocycles. The molecule has 0 aliphatic carbocycles. The largest absolute Gasteiger partial charge is 0.355 e. The molecule has 2 N–H and O–H groups in total. The summed E-state index contributed by atoms with van der Waals surface area (Å²) < 4.78 is 28.4. The molecular formula is C26H31N5O3S. The summed E-state index contributed by atoms with van der Waals surface area (Å²) >= 11 is 0. The lowest BCUT2D eigenvalue weighted by atomic mass is 10.1. The Morgan fingerprint density at radius 1 is 0.886 bits per heavy atom. The normalized spacial score (nSPS) is 14.4. The lowest BCUT2D eigenvalue weighted by Crippen LogP contribution is -2.25. The van der Waals surface area contributed by atoms with Gasteiger partial charge in [-0.25, -0.2) is 8.42 Å². The molecule has 1 amide bonds. The van der Waals surface area contributed by atoms with Crippen LogP contribution < -0.4 is 14.9 Å². The Hall–Kier alpha value is -3.46. The third-order valence-electron chi connectivity index (χ3n) is 5.95. The Morgan fingerprint density at radius 2 is 1.60 bits per heavy atom. The van der Waals surface area contributed by atoms with E-state index in [2.05, 4.69) is 25.1 Å². The van der Waals surface area contributed by atoms with E-state index < -0.39 is 10.0 Å². The van der Waals surface area contributed by atoms with Gasteiger partial charge < -0.3 is 10.2 Å². The number of carbonyl (C=O) groups excluding carboxylic acids is 1. The maximum atomic E-state index is 12.9. The van der Waals surface area contributed by atoms with Gasteiger partial charge in [0.1, 0.15) is 0 Å². The van der Waals surface area contributed by atoms with E-state index in [0.29, 0.717) is 17.1 Å². The predicted molar refractivity (Wildman–Crippen MR) is 139 cm³/mol. The van der Waals surface area contributed by atoms with Gasteiger partial charge in [-0.05, 0) is 61.4 Å². The van der Waals surface area contributed by atoms with Gasteiger partial charge >= 0.3 is 0 Å². The van der Waals surface area contributed by atoms with Gasteiger partial charge in [-0.1, -0.05) is 38.8 Å². The summed E-state index contributed by atoms with van der Waals surface area (Å²) in [4.78, 5) is 14.2. The first-order chi connectivity index (χ1) is 16.8. The highest BCUT2D eigenvalue weighted by atomic mass is 32.2. The summed E-state index contributed by atoms with van der Waals surface area (Å²) in [5.74, 6) is 0.584. The van der Waals surface area contributed by atoms with Crippen LogP contribution in [0.25, 0.3) is 11.3 Å². The van der Waals surface area contributed by atoms with Gasteiger partial charge in [0.15, 0.2) is 5.82 Å². The van der Waals surface area contributed by atoms with Crippen LogP contribution in [0.15, 0.2) is 65.6 Å². The van der Waals surface area contributed by atoms with Crippen molar-refractivity contribution < 1.29 is 13.2 Å². The molecule has 35 heavy (non-hydrogen) atoms. The lowest BCUT2D eigenvalue weighted by molar-refractivity contribution is -0.118. The van der Waals surface area contributed by atoms with Gasteiger partial charge in [-0.3, -0.25) is 9.52 Å². The highest BCUT2D eigenvalue weighted by molar-refractivity contribution is 7.92. The topological polar surface area (TPSA) is 104 Å². The summed E-state index contributed by atoms with van der Waals surface area (Å²) in [5, 5.41) is 11.6. The monoisotopic (exact) mass is 493 g/mol. The van der Waals surface area contributed by atoms with Crippen molar-refractivity contribution in [2.75, 3.05) is 28.0 Å².